The zero-order valence-corrected chi connectivity index (χ0v) is 13.2. The van der Waals surface area contributed by atoms with Crippen molar-refractivity contribution in [3.8, 4) is 0 Å². The topological polar surface area (TPSA) is 50.4 Å². The Hall–Kier alpha value is -2.47. The van der Waals surface area contributed by atoms with Crippen LogP contribution in [0.5, 0.6) is 0 Å². The van der Waals surface area contributed by atoms with Gasteiger partial charge in [0.05, 0.1) is 5.60 Å². The summed E-state index contributed by atoms with van der Waals surface area (Å²) in [7, 11) is 1.60. The van der Waals surface area contributed by atoms with Crippen LogP contribution in [0, 0.1) is 11.6 Å². The predicted octanol–water partition coefficient (Wildman–Crippen LogP) is 3.27. The summed E-state index contributed by atoms with van der Waals surface area (Å²) >= 11 is 0. The second kappa shape index (κ2) is 6.57. The van der Waals surface area contributed by atoms with Gasteiger partial charge in [-0.05, 0) is 23.3 Å². The molecule has 0 fully saturated rings. The molecular formula is C18H18F2N2O2. The minimum absolute atomic E-state index is 0.236. The van der Waals surface area contributed by atoms with Crippen molar-refractivity contribution in [1.82, 2.24) is 5.32 Å². The van der Waals surface area contributed by atoms with Gasteiger partial charge in [-0.1, -0.05) is 30.3 Å². The first-order valence-electron chi connectivity index (χ1n) is 7.64. The highest BCUT2D eigenvalue weighted by molar-refractivity contribution is 5.89. The number of fused-ring (bicyclic) bond motifs is 1. The van der Waals surface area contributed by atoms with E-state index in [2.05, 4.69) is 10.6 Å². The molecule has 2 aromatic carbocycles. The number of ether oxygens (including phenoxy) is 1. The zero-order valence-electron chi connectivity index (χ0n) is 13.2. The molecule has 0 saturated carbocycles. The van der Waals surface area contributed by atoms with E-state index >= 15 is 0 Å². The Bertz CT molecular complexity index is 719. The third-order valence-electron chi connectivity index (χ3n) is 4.35. The van der Waals surface area contributed by atoms with Gasteiger partial charge in [-0.25, -0.2) is 13.6 Å². The molecule has 0 aromatic heterocycles. The lowest BCUT2D eigenvalue weighted by Crippen LogP contribution is -2.46. The molecule has 6 heteroatoms. The lowest BCUT2D eigenvalue weighted by atomic mass is 10.0. The van der Waals surface area contributed by atoms with Gasteiger partial charge >= 0.3 is 6.03 Å². The number of carbonyl (C=O) groups excluding carboxylic acids is 1. The van der Waals surface area contributed by atoms with Crippen molar-refractivity contribution in [3.05, 3.63) is 65.2 Å². The van der Waals surface area contributed by atoms with Crippen molar-refractivity contribution in [2.24, 2.45) is 0 Å². The smallest absolute Gasteiger partial charge is 0.319 e. The summed E-state index contributed by atoms with van der Waals surface area (Å²) in [4.78, 5) is 12.0. The number of carbonyl (C=O) groups is 1. The Morgan fingerprint density at radius 1 is 1.08 bits per heavy atom. The van der Waals surface area contributed by atoms with E-state index in [0.29, 0.717) is 12.8 Å². The molecule has 2 amide bonds. The summed E-state index contributed by atoms with van der Waals surface area (Å²) in [5, 5.41) is 4.86. The molecule has 0 aliphatic heterocycles. The molecule has 0 saturated heterocycles. The van der Waals surface area contributed by atoms with E-state index < -0.39 is 29.0 Å². The molecule has 0 heterocycles. The van der Waals surface area contributed by atoms with Gasteiger partial charge in [-0.15, -0.1) is 0 Å². The SMILES string of the molecule is COC1(CNC(=O)Nc2c(F)cccc2F)Cc2ccccc2C1. The summed E-state index contributed by atoms with van der Waals surface area (Å²) in [6, 6.07) is 10.7. The fraction of sp³-hybridized carbons (Fsp3) is 0.278. The number of nitrogens with one attached hydrogen (secondary N) is 2. The van der Waals surface area contributed by atoms with Crippen LogP contribution in [-0.2, 0) is 17.6 Å². The highest BCUT2D eigenvalue weighted by atomic mass is 19.1. The van der Waals surface area contributed by atoms with Crippen LogP contribution in [0.1, 0.15) is 11.1 Å². The van der Waals surface area contributed by atoms with Gasteiger partial charge in [0.15, 0.2) is 0 Å². The molecular weight excluding hydrogens is 314 g/mol. The molecule has 2 aromatic rings. The first-order valence-corrected chi connectivity index (χ1v) is 7.64. The summed E-state index contributed by atoms with van der Waals surface area (Å²) < 4.78 is 32.8. The summed E-state index contributed by atoms with van der Waals surface area (Å²) in [5.41, 5.74) is 1.36. The average molecular weight is 332 g/mol. The molecule has 0 radical (unpaired) electrons. The van der Waals surface area contributed by atoms with Crippen LogP contribution in [0.2, 0.25) is 0 Å². The van der Waals surface area contributed by atoms with Crippen molar-refractivity contribution in [2.45, 2.75) is 18.4 Å². The third-order valence-corrected chi connectivity index (χ3v) is 4.35. The number of hydrogen-bond acceptors (Lipinski definition) is 2. The molecule has 4 nitrogen and oxygen atoms in total. The van der Waals surface area contributed by atoms with E-state index in [1.165, 1.54) is 17.2 Å². The van der Waals surface area contributed by atoms with Crippen LogP contribution in [0.15, 0.2) is 42.5 Å². The first-order chi connectivity index (χ1) is 11.5. The Kier molecular flexibility index (Phi) is 4.49. The van der Waals surface area contributed by atoms with Crippen molar-refractivity contribution in [3.63, 3.8) is 0 Å². The minimum atomic E-state index is -0.820. The molecule has 2 N–H and O–H groups in total. The Morgan fingerprint density at radius 2 is 1.67 bits per heavy atom. The van der Waals surface area contributed by atoms with Gasteiger partial charge in [0.25, 0.3) is 0 Å². The first kappa shape index (κ1) is 16.4. The molecule has 0 spiro atoms. The minimum Gasteiger partial charge on any atom is -0.376 e. The van der Waals surface area contributed by atoms with E-state index in [1.54, 1.807) is 7.11 Å². The Morgan fingerprint density at radius 3 is 2.21 bits per heavy atom. The zero-order chi connectivity index (χ0) is 17.2. The number of methoxy groups -OCH3 is 1. The second-order valence-corrected chi connectivity index (χ2v) is 5.91. The van der Waals surface area contributed by atoms with Gasteiger partial charge < -0.3 is 15.4 Å². The lowest BCUT2D eigenvalue weighted by molar-refractivity contribution is 0.00208. The molecule has 0 unspecified atom stereocenters. The Labute approximate surface area is 138 Å². The van der Waals surface area contributed by atoms with Crippen LogP contribution in [0.25, 0.3) is 0 Å². The van der Waals surface area contributed by atoms with E-state index in [1.807, 2.05) is 24.3 Å². The largest absolute Gasteiger partial charge is 0.376 e. The van der Waals surface area contributed by atoms with Crippen molar-refractivity contribution >= 4 is 11.7 Å². The quantitative estimate of drug-likeness (QED) is 0.903. The van der Waals surface area contributed by atoms with E-state index in [-0.39, 0.29) is 6.54 Å². The number of amides is 2. The normalized spacial score (nSPS) is 15.0. The Balaban J connectivity index is 1.64. The van der Waals surface area contributed by atoms with E-state index in [4.69, 9.17) is 4.74 Å². The van der Waals surface area contributed by atoms with Crippen LogP contribution >= 0.6 is 0 Å². The van der Waals surface area contributed by atoms with Crippen LogP contribution in [0.4, 0.5) is 19.3 Å². The summed E-state index contributed by atoms with van der Waals surface area (Å²) in [5.74, 6) is -1.64. The summed E-state index contributed by atoms with van der Waals surface area (Å²) in [6.45, 7) is 0.236. The van der Waals surface area contributed by atoms with Gasteiger partial charge in [0, 0.05) is 26.5 Å². The van der Waals surface area contributed by atoms with Gasteiger partial charge in [-0.2, -0.15) is 0 Å². The third kappa shape index (κ3) is 3.23. The molecule has 3 rings (SSSR count). The average Bonchev–Trinajstić information content (AvgIpc) is 2.96. The number of urea groups is 1. The highest BCUT2D eigenvalue weighted by Crippen LogP contribution is 2.32. The predicted molar refractivity (Wildman–Crippen MR) is 87.0 cm³/mol. The number of halogens is 2. The molecule has 24 heavy (non-hydrogen) atoms. The van der Waals surface area contributed by atoms with Crippen LogP contribution in [0.3, 0.4) is 0 Å². The number of para-hydroxylation sites is 1. The standard InChI is InChI=1S/C18H18F2N2O2/c1-24-18(9-12-5-2-3-6-13(12)10-18)11-21-17(23)22-16-14(19)7-4-8-15(16)20/h2-8H,9-11H2,1H3,(H2,21,22,23). The van der Waals surface area contributed by atoms with Crippen molar-refractivity contribution in [2.75, 3.05) is 19.0 Å². The molecule has 0 bridgehead atoms. The molecule has 126 valence electrons. The van der Waals surface area contributed by atoms with Crippen molar-refractivity contribution in [1.29, 1.82) is 0 Å². The number of rotatable bonds is 4. The highest BCUT2D eigenvalue weighted by Gasteiger charge is 2.37. The van der Waals surface area contributed by atoms with E-state index in [0.717, 1.165) is 12.1 Å². The van der Waals surface area contributed by atoms with Gasteiger partial charge in [-0.3, -0.25) is 0 Å². The number of anilines is 1. The maximum absolute atomic E-state index is 13.6. The van der Waals surface area contributed by atoms with E-state index in [9.17, 15) is 13.6 Å². The van der Waals surface area contributed by atoms with Crippen LogP contribution in [-0.4, -0.2) is 25.3 Å². The number of benzene rings is 2. The van der Waals surface area contributed by atoms with Crippen LogP contribution < -0.4 is 10.6 Å². The van der Waals surface area contributed by atoms with Gasteiger partial charge in [0.2, 0.25) is 0 Å². The maximum atomic E-state index is 13.6. The summed E-state index contributed by atoms with van der Waals surface area (Å²) in [6.07, 6.45) is 1.35. The lowest BCUT2D eigenvalue weighted by Gasteiger charge is -2.27. The number of hydrogen-bond donors (Lipinski definition) is 2. The fourth-order valence-corrected chi connectivity index (χ4v) is 3.02. The fourth-order valence-electron chi connectivity index (χ4n) is 3.02. The second-order valence-electron chi connectivity index (χ2n) is 5.91. The molecule has 1 aliphatic rings. The molecule has 0 atom stereocenters. The van der Waals surface area contributed by atoms with Gasteiger partial charge in [0.1, 0.15) is 17.3 Å². The maximum Gasteiger partial charge on any atom is 0.319 e. The monoisotopic (exact) mass is 332 g/mol. The molecule has 1 aliphatic carbocycles. The van der Waals surface area contributed by atoms with Crippen molar-refractivity contribution < 1.29 is 18.3 Å².